The number of aromatic amines is 1. The van der Waals surface area contributed by atoms with E-state index in [1.165, 1.54) is 19.1 Å². The van der Waals surface area contributed by atoms with Crippen molar-refractivity contribution < 1.29 is 4.79 Å². The Labute approximate surface area is 179 Å². The molecule has 1 fully saturated rings. The van der Waals surface area contributed by atoms with Crippen molar-refractivity contribution in [3.05, 3.63) is 62.1 Å². The van der Waals surface area contributed by atoms with Gasteiger partial charge in [0.15, 0.2) is 0 Å². The number of pyridine rings is 1. The molecule has 0 bridgehead atoms. The van der Waals surface area contributed by atoms with E-state index in [1.54, 1.807) is 6.07 Å². The Hall–Kier alpha value is -2.41. The fourth-order valence-corrected chi connectivity index (χ4v) is 4.23. The average molecular weight is 459 g/mol. The molecule has 29 heavy (non-hydrogen) atoms. The van der Waals surface area contributed by atoms with Crippen LogP contribution in [0.25, 0.3) is 0 Å². The number of aryl methyl sites for hydroxylation is 2. The van der Waals surface area contributed by atoms with Crippen molar-refractivity contribution in [3.8, 4) is 0 Å². The number of benzene rings is 1. The third kappa shape index (κ3) is 4.96. The number of anilines is 1. The number of H-pyrrole nitrogens is 1. The van der Waals surface area contributed by atoms with Crippen LogP contribution in [0.4, 0.5) is 5.69 Å². The number of halogens is 1. The molecule has 7 heteroatoms. The summed E-state index contributed by atoms with van der Waals surface area (Å²) in [6, 6.07) is 6.07. The molecule has 1 aliphatic carbocycles. The Kier molecular flexibility index (Phi) is 6.90. The van der Waals surface area contributed by atoms with Crippen LogP contribution in [-0.2, 0) is 11.9 Å². The maximum atomic E-state index is 13.0. The summed E-state index contributed by atoms with van der Waals surface area (Å²) in [5, 5.41) is 14.9. The number of rotatable bonds is 7. The van der Waals surface area contributed by atoms with Gasteiger partial charge in [0.25, 0.3) is 11.5 Å². The number of aromatic nitrogens is 1. The summed E-state index contributed by atoms with van der Waals surface area (Å²) >= 11 is 3.47. The highest BCUT2D eigenvalue weighted by Crippen LogP contribution is 2.28. The molecule has 3 rings (SSSR count). The Balaban J connectivity index is 1.87. The van der Waals surface area contributed by atoms with Crippen LogP contribution in [0.1, 0.15) is 64.0 Å². The van der Waals surface area contributed by atoms with E-state index in [0.29, 0.717) is 28.1 Å². The van der Waals surface area contributed by atoms with Crippen molar-refractivity contribution >= 4 is 33.7 Å². The van der Waals surface area contributed by atoms with E-state index < -0.39 is 0 Å². The maximum absolute atomic E-state index is 13.0. The predicted molar refractivity (Wildman–Crippen MR) is 121 cm³/mol. The van der Waals surface area contributed by atoms with Crippen LogP contribution >= 0.6 is 15.9 Å². The maximum Gasteiger partial charge on any atom is 0.253 e. The minimum Gasteiger partial charge on any atom is -0.382 e. The minimum atomic E-state index is -0.292. The standard InChI is InChI=1S/C22H27BrN4O2/c1-13-7-14(2)26-22(29)19(13)12-25-21(28)17-8-15(10-23)9-20(18(17)11-24)27-16-5-3-4-6-16/h7-9,11,16,24,27H,3-6,10,12H2,1-2H3,(H,25,28)(H,26,29). The number of hydrogen-bond acceptors (Lipinski definition) is 4. The molecule has 1 aromatic carbocycles. The Morgan fingerprint density at radius 2 is 2.00 bits per heavy atom. The third-order valence-electron chi connectivity index (χ3n) is 5.42. The fourth-order valence-electron chi connectivity index (χ4n) is 3.91. The monoisotopic (exact) mass is 458 g/mol. The average Bonchev–Trinajstić information content (AvgIpc) is 3.19. The first-order chi connectivity index (χ1) is 13.9. The summed E-state index contributed by atoms with van der Waals surface area (Å²) in [6.45, 7) is 3.83. The fraction of sp³-hybridized carbons (Fsp3) is 0.409. The van der Waals surface area contributed by atoms with Gasteiger partial charge in [-0.25, -0.2) is 0 Å². The lowest BCUT2D eigenvalue weighted by atomic mass is 10.0. The SMILES string of the molecule is Cc1cc(C)c(CNC(=O)c2cc(CBr)cc(NC3CCCC3)c2C=N)c(=O)[nH]1. The zero-order valence-corrected chi connectivity index (χ0v) is 18.4. The molecule has 0 aliphatic heterocycles. The molecule has 2 aromatic rings. The lowest BCUT2D eigenvalue weighted by Crippen LogP contribution is -2.29. The largest absolute Gasteiger partial charge is 0.382 e. The van der Waals surface area contributed by atoms with Gasteiger partial charge in [-0.15, -0.1) is 0 Å². The number of amides is 1. The number of carbonyl (C=O) groups is 1. The van der Waals surface area contributed by atoms with E-state index in [9.17, 15) is 9.59 Å². The molecule has 0 atom stereocenters. The molecule has 0 unspecified atom stereocenters. The summed E-state index contributed by atoms with van der Waals surface area (Å²) in [5.41, 5.74) is 4.79. The lowest BCUT2D eigenvalue weighted by Gasteiger charge is -2.19. The van der Waals surface area contributed by atoms with Gasteiger partial charge in [0.05, 0.1) is 5.56 Å². The highest BCUT2D eigenvalue weighted by Gasteiger charge is 2.20. The Bertz CT molecular complexity index is 978. The molecule has 1 amide bonds. The van der Waals surface area contributed by atoms with Crippen LogP contribution in [0.3, 0.4) is 0 Å². The van der Waals surface area contributed by atoms with Gasteiger partial charge >= 0.3 is 0 Å². The predicted octanol–water partition coefficient (Wildman–Crippen LogP) is 4.17. The molecule has 0 saturated heterocycles. The number of hydrogen-bond donors (Lipinski definition) is 4. The zero-order chi connectivity index (χ0) is 21.0. The highest BCUT2D eigenvalue weighted by molar-refractivity contribution is 9.08. The van der Waals surface area contributed by atoms with Gasteiger partial charge in [0.1, 0.15) is 0 Å². The first kappa shape index (κ1) is 21.3. The van der Waals surface area contributed by atoms with E-state index in [4.69, 9.17) is 5.41 Å². The van der Waals surface area contributed by atoms with Crippen LogP contribution in [0.2, 0.25) is 0 Å². The van der Waals surface area contributed by atoms with Crippen molar-refractivity contribution in [2.45, 2.75) is 57.4 Å². The van der Waals surface area contributed by atoms with E-state index in [1.807, 2.05) is 26.0 Å². The molecular formula is C22H27BrN4O2. The van der Waals surface area contributed by atoms with Crippen molar-refractivity contribution in [1.29, 1.82) is 5.41 Å². The van der Waals surface area contributed by atoms with Crippen LogP contribution in [0.5, 0.6) is 0 Å². The molecule has 154 valence electrons. The number of nitrogens with one attached hydrogen (secondary N) is 4. The molecule has 0 spiro atoms. The van der Waals surface area contributed by atoms with Gasteiger partial charge in [0.2, 0.25) is 0 Å². The first-order valence-electron chi connectivity index (χ1n) is 9.90. The van der Waals surface area contributed by atoms with Crippen LogP contribution in [0, 0.1) is 19.3 Å². The molecule has 4 N–H and O–H groups in total. The minimum absolute atomic E-state index is 0.141. The van der Waals surface area contributed by atoms with Gasteiger partial charge in [0, 0.05) is 46.6 Å². The molecular weight excluding hydrogens is 432 g/mol. The number of alkyl halides is 1. The topological polar surface area (TPSA) is 97.8 Å². The summed E-state index contributed by atoms with van der Waals surface area (Å²) in [5.74, 6) is -0.292. The first-order valence-corrected chi connectivity index (χ1v) is 11.0. The van der Waals surface area contributed by atoms with Crippen molar-refractivity contribution in [2.24, 2.45) is 0 Å². The van der Waals surface area contributed by atoms with Crippen LogP contribution in [0.15, 0.2) is 23.0 Å². The second-order valence-corrected chi connectivity index (χ2v) is 8.19. The molecule has 1 aromatic heterocycles. The quantitative estimate of drug-likeness (QED) is 0.370. The third-order valence-corrected chi connectivity index (χ3v) is 6.06. The van der Waals surface area contributed by atoms with Crippen molar-refractivity contribution in [1.82, 2.24) is 10.3 Å². The zero-order valence-electron chi connectivity index (χ0n) is 16.8. The summed E-state index contributed by atoms with van der Waals surface area (Å²) in [4.78, 5) is 28.0. The van der Waals surface area contributed by atoms with E-state index in [2.05, 4.69) is 31.5 Å². The normalized spacial score (nSPS) is 14.0. The van der Waals surface area contributed by atoms with Gasteiger partial charge in [-0.1, -0.05) is 28.8 Å². The summed E-state index contributed by atoms with van der Waals surface area (Å²) < 4.78 is 0. The van der Waals surface area contributed by atoms with Gasteiger partial charge in [-0.05, 0) is 56.0 Å². The summed E-state index contributed by atoms with van der Waals surface area (Å²) in [7, 11) is 0. The van der Waals surface area contributed by atoms with Gasteiger partial charge in [-0.2, -0.15) is 0 Å². The lowest BCUT2D eigenvalue weighted by molar-refractivity contribution is 0.0950. The molecule has 1 aliphatic rings. The van der Waals surface area contributed by atoms with Crippen molar-refractivity contribution in [2.75, 3.05) is 5.32 Å². The smallest absolute Gasteiger partial charge is 0.253 e. The molecule has 1 saturated carbocycles. The molecule has 6 nitrogen and oxygen atoms in total. The second kappa shape index (κ2) is 9.39. The summed E-state index contributed by atoms with van der Waals surface area (Å²) in [6.07, 6.45) is 5.84. The van der Waals surface area contributed by atoms with Crippen LogP contribution in [-0.4, -0.2) is 23.1 Å². The van der Waals surface area contributed by atoms with E-state index in [0.717, 1.165) is 35.3 Å². The number of carbonyl (C=O) groups excluding carboxylic acids is 1. The van der Waals surface area contributed by atoms with E-state index in [-0.39, 0.29) is 18.0 Å². The highest BCUT2D eigenvalue weighted by atomic mass is 79.9. The molecule has 1 heterocycles. The Morgan fingerprint density at radius 3 is 2.62 bits per heavy atom. The van der Waals surface area contributed by atoms with Crippen molar-refractivity contribution in [3.63, 3.8) is 0 Å². The van der Waals surface area contributed by atoms with E-state index >= 15 is 0 Å². The van der Waals surface area contributed by atoms with Gasteiger partial charge < -0.3 is 21.0 Å². The molecule has 0 radical (unpaired) electrons. The van der Waals surface area contributed by atoms with Gasteiger partial charge in [-0.3, -0.25) is 9.59 Å². The Morgan fingerprint density at radius 1 is 1.28 bits per heavy atom. The second-order valence-electron chi connectivity index (χ2n) is 7.63. The van der Waals surface area contributed by atoms with Crippen LogP contribution < -0.4 is 16.2 Å².